The predicted octanol–water partition coefficient (Wildman–Crippen LogP) is 3.57. The van der Waals surface area contributed by atoms with Crippen LogP contribution in [0.15, 0.2) is 30.3 Å². The van der Waals surface area contributed by atoms with Crippen molar-refractivity contribution in [3.8, 4) is 0 Å². The molecular formula is C20H24N2O3S. The Morgan fingerprint density at radius 1 is 1.12 bits per heavy atom. The van der Waals surface area contributed by atoms with Crippen molar-refractivity contribution in [2.24, 2.45) is 0 Å². The minimum atomic E-state index is -3.33. The molecule has 1 aliphatic rings. The van der Waals surface area contributed by atoms with Crippen molar-refractivity contribution in [2.45, 2.75) is 40.2 Å². The van der Waals surface area contributed by atoms with Crippen LogP contribution in [0.3, 0.4) is 0 Å². The monoisotopic (exact) mass is 372 g/mol. The number of aryl methyl sites for hydroxylation is 3. The maximum atomic E-state index is 12.7. The number of amides is 1. The van der Waals surface area contributed by atoms with Gasteiger partial charge in [-0.25, -0.2) is 8.42 Å². The summed E-state index contributed by atoms with van der Waals surface area (Å²) in [5, 5.41) is 3.00. The molecule has 0 spiro atoms. The van der Waals surface area contributed by atoms with Crippen molar-refractivity contribution in [1.29, 1.82) is 0 Å². The summed E-state index contributed by atoms with van der Waals surface area (Å²) in [6.07, 6.45) is 1.81. The van der Waals surface area contributed by atoms with Gasteiger partial charge in [-0.3, -0.25) is 9.10 Å². The van der Waals surface area contributed by atoms with E-state index in [1.807, 2.05) is 39.8 Å². The smallest absolute Gasteiger partial charge is 0.255 e. The molecule has 3 rings (SSSR count). The van der Waals surface area contributed by atoms with Crippen LogP contribution in [0.25, 0.3) is 0 Å². The van der Waals surface area contributed by atoms with Crippen molar-refractivity contribution < 1.29 is 13.2 Å². The zero-order chi connectivity index (χ0) is 19.2. The molecule has 26 heavy (non-hydrogen) atoms. The van der Waals surface area contributed by atoms with Gasteiger partial charge in [-0.1, -0.05) is 17.7 Å². The lowest BCUT2D eigenvalue weighted by Crippen LogP contribution is -2.34. The maximum Gasteiger partial charge on any atom is 0.255 e. The van der Waals surface area contributed by atoms with Crippen molar-refractivity contribution in [3.05, 3.63) is 58.1 Å². The molecule has 5 nitrogen and oxygen atoms in total. The second-order valence-corrected chi connectivity index (χ2v) is 9.04. The number of benzene rings is 2. The number of sulfonamides is 1. The van der Waals surface area contributed by atoms with Crippen molar-refractivity contribution in [2.75, 3.05) is 15.9 Å². The molecular weight excluding hydrogens is 348 g/mol. The molecule has 1 N–H and O–H groups in total. The Morgan fingerprint density at radius 2 is 1.73 bits per heavy atom. The third kappa shape index (κ3) is 3.33. The van der Waals surface area contributed by atoms with Crippen molar-refractivity contribution in [1.82, 2.24) is 0 Å². The summed E-state index contributed by atoms with van der Waals surface area (Å²) < 4.78 is 25.5. The number of carbonyl (C=O) groups is 1. The highest BCUT2D eigenvalue weighted by molar-refractivity contribution is 7.92. The zero-order valence-corrected chi connectivity index (χ0v) is 16.6. The number of hydrogen-bond acceptors (Lipinski definition) is 3. The number of anilines is 2. The van der Waals surface area contributed by atoms with Crippen molar-refractivity contribution in [3.63, 3.8) is 0 Å². The fourth-order valence-electron chi connectivity index (χ4n) is 3.81. The lowest BCUT2D eigenvalue weighted by atomic mass is 10.0. The largest absolute Gasteiger partial charge is 0.322 e. The molecule has 0 bridgehead atoms. The fourth-order valence-corrected chi connectivity index (χ4v) is 5.08. The Kier molecular flexibility index (Phi) is 4.56. The van der Waals surface area contributed by atoms with Gasteiger partial charge >= 0.3 is 0 Å². The second kappa shape index (κ2) is 6.43. The second-order valence-electron chi connectivity index (χ2n) is 7.18. The molecule has 0 aromatic heterocycles. The lowest BCUT2D eigenvalue weighted by molar-refractivity contribution is 0.102. The summed E-state index contributed by atoms with van der Waals surface area (Å²) in [7, 11) is -3.33. The van der Waals surface area contributed by atoms with Crippen LogP contribution >= 0.6 is 0 Å². The van der Waals surface area contributed by atoms with Gasteiger partial charge in [0.1, 0.15) is 0 Å². The number of nitrogens with zero attached hydrogens (tertiary/aromatic N) is 1. The molecule has 0 saturated heterocycles. The SMILES string of the molecule is Cc1cc(C)c(NC(=O)c2ccc3c(c2)CC(C)N3S(C)(=O)=O)c(C)c1. The van der Waals surface area contributed by atoms with E-state index in [4.69, 9.17) is 0 Å². The lowest BCUT2D eigenvalue weighted by Gasteiger charge is -2.22. The maximum absolute atomic E-state index is 12.7. The number of rotatable bonds is 3. The first-order valence-corrected chi connectivity index (χ1v) is 10.4. The van der Waals surface area contributed by atoms with Crippen molar-refractivity contribution >= 4 is 27.3 Å². The van der Waals surface area contributed by atoms with Crippen LogP contribution in [0.5, 0.6) is 0 Å². The minimum absolute atomic E-state index is 0.139. The summed E-state index contributed by atoms with van der Waals surface area (Å²) in [5.41, 5.74) is 6.11. The number of nitrogens with one attached hydrogen (secondary N) is 1. The molecule has 1 heterocycles. The molecule has 138 valence electrons. The molecule has 0 saturated carbocycles. The first-order chi connectivity index (χ1) is 12.1. The molecule has 6 heteroatoms. The van der Waals surface area contributed by atoms with Crippen LogP contribution in [-0.4, -0.2) is 26.6 Å². The summed E-state index contributed by atoms with van der Waals surface area (Å²) >= 11 is 0. The van der Waals surface area contributed by atoms with E-state index in [2.05, 4.69) is 5.32 Å². The minimum Gasteiger partial charge on any atom is -0.322 e. The van der Waals surface area contributed by atoms with Gasteiger partial charge in [0.05, 0.1) is 11.9 Å². The van der Waals surface area contributed by atoms with Gasteiger partial charge in [0.25, 0.3) is 5.91 Å². The molecule has 1 aliphatic heterocycles. The van der Waals surface area contributed by atoms with Gasteiger partial charge in [0.2, 0.25) is 10.0 Å². The van der Waals surface area contributed by atoms with E-state index in [0.29, 0.717) is 17.7 Å². The average Bonchev–Trinajstić information content (AvgIpc) is 2.85. The van der Waals surface area contributed by atoms with Crippen LogP contribution < -0.4 is 9.62 Å². The Morgan fingerprint density at radius 3 is 2.31 bits per heavy atom. The molecule has 1 unspecified atom stereocenters. The predicted molar refractivity (Wildman–Crippen MR) is 106 cm³/mol. The first kappa shape index (κ1) is 18.5. The highest BCUT2D eigenvalue weighted by Crippen LogP contribution is 2.35. The normalized spacial score (nSPS) is 16.5. The molecule has 1 amide bonds. The van der Waals surface area contributed by atoms with Gasteiger partial charge in [0.15, 0.2) is 0 Å². The van der Waals surface area contributed by atoms with Crippen LogP contribution in [0.2, 0.25) is 0 Å². The highest BCUT2D eigenvalue weighted by Gasteiger charge is 2.32. The molecule has 2 aromatic carbocycles. The van der Waals surface area contributed by atoms with E-state index < -0.39 is 10.0 Å². The Balaban J connectivity index is 1.91. The quantitative estimate of drug-likeness (QED) is 0.896. The van der Waals surface area contributed by atoms with Gasteiger partial charge < -0.3 is 5.32 Å². The molecule has 2 aromatic rings. The molecule has 1 atom stereocenters. The van der Waals surface area contributed by atoms with Crippen LogP contribution in [0, 0.1) is 20.8 Å². The summed E-state index contributed by atoms with van der Waals surface area (Å²) in [6.45, 7) is 7.86. The van der Waals surface area contributed by atoms with E-state index >= 15 is 0 Å². The van der Waals surface area contributed by atoms with E-state index in [0.717, 1.165) is 27.9 Å². The Labute approximate surface area is 155 Å². The van der Waals surface area contributed by atoms with Crippen LogP contribution in [0.1, 0.15) is 39.5 Å². The number of carbonyl (C=O) groups excluding carboxylic acids is 1. The highest BCUT2D eigenvalue weighted by atomic mass is 32.2. The topological polar surface area (TPSA) is 66.5 Å². The van der Waals surface area contributed by atoms with Crippen LogP contribution in [-0.2, 0) is 16.4 Å². The third-order valence-corrected chi connectivity index (χ3v) is 6.04. The fraction of sp³-hybridized carbons (Fsp3) is 0.350. The Bertz CT molecular complexity index is 973. The number of hydrogen-bond donors (Lipinski definition) is 1. The van der Waals surface area contributed by atoms with Gasteiger partial charge in [-0.2, -0.15) is 0 Å². The standard InChI is InChI=1S/C20H24N2O3S/c1-12-8-13(2)19(14(3)9-12)21-20(23)16-6-7-18-17(11-16)10-15(4)22(18)26(5,24)25/h6-9,11,15H,10H2,1-5H3,(H,21,23). The van der Waals surface area contributed by atoms with Gasteiger partial charge in [-0.05, 0) is 69.0 Å². The van der Waals surface area contributed by atoms with E-state index in [1.54, 1.807) is 18.2 Å². The third-order valence-electron chi connectivity index (χ3n) is 4.77. The Hall–Kier alpha value is -2.34. The number of fused-ring (bicyclic) bond motifs is 1. The van der Waals surface area contributed by atoms with Gasteiger partial charge in [0, 0.05) is 17.3 Å². The molecule has 0 aliphatic carbocycles. The van der Waals surface area contributed by atoms with Crippen LogP contribution in [0.4, 0.5) is 11.4 Å². The zero-order valence-electron chi connectivity index (χ0n) is 15.8. The van der Waals surface area contributed by atoms with E-state index in [9.17, 15) is 13.2 Å². The molecule has 0 fully saturated rings. The van der Waals surface area contributed by atoms with Gasteiger partial charge in [-0.15, -0.1) is 0 Å². The van der Waals surface area contributed by atoms with E-state index in [1.165, 1.54) is 10.6 Å². The summed E-state index contributed by atoms with van der Waals surface area (Å²) in [6, 6.07) is 9.14. The summed E-state index contributed by atoms with van der Waals surface area (Å²) in [5.74, 6) is -0.187. The first-order valence-electron chi connectivity index (χ1n) is 8.59. The molecule has 0 radical (unpaired) electrons. The van der Waals surface area contributed by atoms with E-state index in [-0.39, 0.29) is 11.9 Å². The summed E-state index contributed by atoms with van der Waals surface area (Å²) in [4.78, 5) is 12.7. The average molecular weight is 372 g/mol.